The van der Waals surface area contributed by atoms with E-state index in [1.165, 1.54) is 0 Å². The lowest BCUT2D eigenvalue weighted by molar-refractivity contribution is -0.217. The number of hydrogen-bond acceptors (Lipinski definition) is 5. The Balaban J connectivity index is 2.26. The second-order valence-corrected chi connectivity index (χ2v) is 14.8. The van der Waals surface area contributed by atoms with Gasteiger partial charge in [0.15, 0.2) is 0 Å². The van der Waals surface area contributed by atoms with Crippen LogP contribution in [-0.4, -0.2) is 67.9 Å². The number of aliphatic hydroxyl groups is 1. The minimum Gasteiger partial charge on any atom is -0.453 e. The number of carbonyl (C=O) groups excluding carboxylic acids is 1. The van der Waals surface area contributed by atoms with E-state index in [0.29, 0.717) is 23.2 Å². The average molecular weight is 440 g/mol. The molecule has 2 heterocycles. The van der Waals surface area contributed by atoms with Gasteiger partial charge in [0.1, 0.15) is 12.2 Å². The highest BCUT2D eigenvalue weighted by atomic mass is 28.4. The Morgan fingerprint density at radius 1 is 1.00 bits per heavy atom. The Morgan fingerprint density at radius 2 is 1.55 bits per heavy atom. The van der Waals surface area contributed by atoms with Gasteiger partial charge >= 0.3 is 12.1 Å². The molecule has 0 unspecified atom stereocenters. The lowest BCUT2D eigenvalue weighted by Crippen LogP contribution is -2.65. The van der Waals surface area contributed by atoms with Crippen molar-refractivity contribution >= 4 is 14.3 Å². The first-order valence-corrected chi connectivity index (χ1v) is 12.8. The first-order valence-electron chi connectivity index (χ1n) is 10.7. The van der Waals surface area contributed by atoms with Crippen molar-refractivity contribution < 1.29 is 32.2 Å². The summed E-state index contributed by atoms with van der Waals surface area (Å²) in [5, 5.41) is 10.9. The molecule has 2 saturated heterocycles. The quantitative estimate of drug-likeness (QED) is 0.495. The number of fused-ring (bicyclic) bond motifs is 1. The number of rotatable bonds is 6. The summed E-state index contributed by atoms with van der Waals surface area (Å²) in [6.45, 7) is 14.3. The van der Waals surface area contributed by atoms with Crippen LogP contribution in [0.5, 0.6) is 0 Å². The number of alkyl halides is 3. The van der Waals surface area contributed by atoms with Gasteiger partial charge in [-0.25, -0.2) is 4.79 Å². The number of ether oxygens (including phenoxy) is 1. The zero-order valence-electron chi connectivity index (χ0n) is 18.3. The molecule has 0 aliphatic carbocycles. The van der Waals surface area contributed by atoms with Crippen molar-refractivity contribution in [3.63, 3.8) is 0 Å². The largest absolute Gasteiger partial charge is 0.490 e. The molecule has 0 aromatic heterocycles. The topological polar surface area (TPSA) is 59.0 Å². The van der Waals surface area contributed by atoms with Crippen LogP contribution in [0, 0.1) is 0 Å². The Bertz CT molecular complexity index is 549. The first-order chi connectivity index (χ1) is 13.3. The lowest BCUT2D eigenvalue weighted by atomic mass is 9.87. The standard InChI is InChI=1S/C20H36F3NO4Si/c1-12(2)29(13(3)4,14(5)6)28-15-8-7-10-24-11-9-16(18(25)17(15)24)27-19(26)20(21,22)23/h12-18,25H,7-11H2,1-6H3/t15-,16+,17-,18-/m1/s1. The van der Waals surface area contributed by atoms with Crippen molar-refractivity contribution in [2.45, 2.75) is 108 Å². The number of halogens is 3. The molecular formula is C20H36F3NO4Si. The van der Waals surface area contributed by atoms with Crippen LogP contribution in [-0.2, 0) is 14.0 Å². The van der Waals surface area contributed by atoms with E-state index in [0.717, 1.165) is 19.4 Å². The van der Waals surface area contributed by atoms with Gasteiger partial charge in [-0.2, -0.15) is 13.2 Å². The van der Waals surface area contributed by atoms with Crippen molar-refractivity contribution in [1.29, 1.82) is 0 Å². The highest BCUT2D eigenvalue weighted by molar-refractivity contribution is 6.77. The van der Waals surface area contributed by atoms with E-state index in [4.69, 9.17) is 4.43 Å². The molecule has 2 fully saturated rings. The van der Waals surface area contributed by atoms with Gasteiger partial charge in [-0.1, -0.05) is 41.5 Å². The highest BCUT2D eigenvalue weighted by Gasteiger charge is 2.53. The normalized spacial score (nSPS) is 29.4. The molecule has 29 heavy (non-hydrogen) atoms. The molecule has 0 aromatic rings. The molecule has 4 atom stereocenters. The van der Waals surface area contributed by atoms with Crippen molar-refractivity contribution in [3.05, 3.63) is 0 Å². The maximum absolute atomic E-state index is 12.6. The number of piperidine rings is 2. The maximum Gasteiger partial charge on any atom is 0.490 e. The molecule has 0 amide bonds. The molecule has 2 aliphatic rings. The Labute approximate surface area is 173 Å². The number of nitrogens with zero attached hydrogens (tertiary/aromatic N) is 1. The number of hydrogen-bond donors (Lipinski definition) is 1. The van der Waals surface area contributed by atoms with E-state index in [1.54, 1.807) is 0 Å². The third-order valence-corrected chi connectivity index (χ3v) is 12.8. The van der Waals surface area contributed by atoms with Crippen LogP contribution in [0.4, 0.5) is 13.2 Å². The van der Waals surface area contributed by atoms with Crippen LogP contribution in [0.2, 0.25) is 16.6 Å². The van der Waals surface area contributed by atoms with E-state index in [2.05, 4.69) is 51.2 Å². The first kappa shape index (κ1) is 24.6. The molecular weight excluding hydrogens is 403 g/mol. The zero-order valence-corrected chi connectivity index (χ0v) is 19.3. The van der Waals surface area contributed by atoms with Gasteiger partial charge in [0.05, 0.1) is 12.1 Å². The lowest BCUT2D eigenvalue weighted by Gasteiger charge is -2.53. The Hall–Kier alpha value is -0.643. The van der Waals surface area contributed by atoms with Crippen LogP contribution in [0.25, 0.3) is 0 Å². The summed E-state index contributed by atoms with van der Waals surface area (Å²) in [6, 6.07) is -0.452. The molecule has 170 valence electrons. The van der Waals surface area contributed by atoms with Gasteiger partial charge in [0, 0.05) is 6.54 Å². The number of esters is 1. The molecule has 9 heteroatoms. The number of aliphatic hydroxyl groups excluding tert-OH is 1. The predicted molar refractivity (Wildman–Crippen MR) is 107 cm³/mol. The highest BCUT2D eigenvalue weighted by Crippen LogP contribution is 2.45. The van der Waals surface area contributed by atoms with E-state index in [-0.39, 0.29) is 12.5 Å². The van der Waals surface area contributed by atoms with Gasteiger partial charge < -0.3 is 14.3 Å². The van der Waals surface area contributed by atoms with Gasteiger partial charge in [-0.3, -0.25) is 4.90 Å². The van der Waals surface area contributed by atoms with E-state index in [9.17, 15) is 23.1 Å². The Kier molecular flexibility index (Phi) is 7.84. The summed E-state index contributed by atoms with van der Waals surface area (Å²) in [7, 11) is -2.23. The smallest absolute Gasteiger partial charge is 0.453 e. The minimum atomic E-state index is -5.06. The summed E-state index contributed by atoms with van der Waals surface area (Å²) in [5.74, 6) is -2.24. The third kappa shape index (κ3) is 4.99. The SMILES string of the molecule is CC(C)[Si](O[C@@H]1CCCN2CC[C@H](OC(=O)C(F)(F)F)[C@@H](O)[C@@H]12)(C(C)C)C(C)C. The molecule has 0 aromatic carbocycles. The monoisotopic (exact) mass is 439 g/mol. The van der Waals surface area contributed by atoms with Crippen LogP contribution < -0.4 is 0 Å². The molecule has 0 spiro atoms. The second kappa shape index (κ2) is 9.24. The van der Waals surface area contributed by atoms with Crippen LogP contribution >= 0.6 is 0 Å². The van der Waals surface area contributed by atoms with Gasteiger partial charge in [-0.15, -0.1) is 0 Å². The van der Waals surface area contributed by atoms with Crippen molar-refractivity contribution in [2.75, 3.05) is 13.1 Å². The fraction of sp³-hybridized carbons (Fsp3) is 0.950. The van der Waals surface area contributed by atoms with Gasteiger partial charge in [0.2, 0.25) is 8.32 Å². The molecule has 5 nitrogen and oxygen atoms in total. The third-order valence-electron chi connectivity index (χ3n) is 6.72. The molecule has 0 bridgehead atoms. The van der Waals surface area contributed by atoms with Crippen molar-refractivity contribution in [2.24, 2.45) is 0 Å². The molecule has 0 saturated carbocycles. The van der Waals surface area contributed by atoms with Crippen LogP contribution in [0.15, 0.2) is 0 Å². The molecule has 0 radical (unpaired) electrons. The van der Waals surface area contributed by atoms with E-state index < -0.39 is 38.7 Å². The zero-order chi connectivity index (χ0) is 22.1. The van der Waals surface area contributed by atoms with E-state index in [1.807, 2.05) is 0 Å². The van der Waals surface area contributed by atoms with Crippen molar-refractivity contribution in [3.8, 4) is 0 Å². The number of carbonyl (C=O) groups is 1. The van der Waals surface area contributed by atoms with Gasteiger partial charge in [-0.05, 0) is 42.4 Å². The molecule has 2 aliphatic heterocycles. The summed E-state index contributed by atoms with van der Waals surface area (Å²) in [4.78, 5) is 13.4. The summed E-state index contributed by atoms with van der Waals surface area (Å²) in [5.41, 5.74) is 1.08. The average Bonchev–Trinajstić information content (AvgIpc) is 2.60. The fourth-order valence-corrected chi connectivity index (χ4v) is 11.2. The fourth-order valence-electron chi connectivity index (χ4n) is 5.56. The van der Waals surface area contributed by atoms with Gasteiger partial charge in [0.25, 0.3) is 0 Å². The van der Waals surface area contributed by atoms with Crippen molar-refractivity contribution in [1.82, 2.24) is 4.90 Å². The summed E-state index contributed by atoms with van der Waals surface area (Å²) in [6.07, 6.45) is -5.84. The molecule has 1 N–H and O–H groups in total. The summed E-state index contributed by atoms with van der Waals surface area (Å²) >= 11 is 0. The maximum atomic E-state index is 12.6. The minimum absolute atomic E-state index is 0.188. The van der Waals surface area contributed by atoms with Crippen LogP contribution in [0.1, 0.15) is 60.8 Å². The van der Waals surface area contributed by atoms with Crippen LogP contribution in [0.3, 0.4) is 0 Å². The second-order valence-electron chi connectivity index (χ2n) is 9.36. The van der Waals surface area contributed by atoms with E-state index >= 15 is 0 Å². The molecule has 2 rings (SSSR count). The predicted octanol–water partition coefficient (Wildman–Crippen LogP) is 4.25. The Morgan fingerprint density at radius 3 is 2.03 bits per heavy atom. The summed E-state index contributed by atoms with van der Waals surface area (Å²) < 4.78 is 49.5.